The van der Waals surface area contributed by atoms with Gasteiger partial charge in [-0.3, -0.25) is 9.59 Å². The van der Waals surface area contributed by atoms with Crippen LogP contribution in [0, 0.1) is 0 Å². The molecule has 7 heteroatoms. The average Bonchev–Trinajstić information content (AvgIpc) is 3.03. The topological polar surface area (TPSA) is 77.5 Å². The summed E-state index contributed by atoms with van der Waals surface area (Å²) in [5.74, 6) is -0.497. The van der Waals surface area contributed by atoms with E-state index in [4.69, 9.17) is 4.74 Å². The number of nitrogens with zero attached hydrogens (tertiary/aromatic N) is 1. The second kappa shape index (κ2) is 6.81. The van der Waals surface area contributed by atoms with E-state index in [0.29, 0.717) is 12.8 Å². The Labute approximate surface area is 121 Å². The Morgan fingerprint density at radius 3 is 3.05 bits per heavy atom. The molecule has 1 fully saturated rings. The summed E-state index contributed by atoms with van der Waals surface area (Å²) in [6, 6.07) is -0.0456. The zero-order valence-electron chi connectivity index (χ0n) is 11.5. The van der Waals surface area contributed by atoms with Crippen molar-refractivity contribution in [3.8, 4) is 0 Å². The molecule has 0 spiro atoms. The molecule has 2 rings (SSSR count). The maximum Gasteiger partial charge on any atom is 0.305 e. The maximum absolute atomic E-state index is 11.1. The molecule has 0 bridgehead atoms. The van der Waals surface area contributed by atoms with Crippen molar-refractivity contribution >= 4 is 23.3 Å². The molecule has 0 aromatic carbocycles. The number of esters is 2. The fourth-order valence-corrected chi connectivity index (χ4v) is 3.22. The number of rotatable bonds is 5. The van der Waals surface area contributed by atoms with Gasteiger partial charge in [0.05, 0.1) is 19.6 Å². The van der Waals surface area contributed by atoms with Gasteiger partial charge in [0.2, 0.25) is 0 Å². The molecule has 110 valence electrons. The third-order valence-corrected chi connectivity index (χ3v) is 4.26. The molecule has 0 aliphatic carbocycles. The number of aromatic nitrogens is 1. The molecule has 1 aliphatic heterocycles. The lowest BCUT2D eigenvalue weighted by Crippen LogP contribution is -2.25. The average molecular weight is 298 g/mol. The van der Waals surface area contributed by atoms with Crippen molar-refractivity contribution in [1.29, 1.82) is 0 Å². The number of hydrogen-bond acceptors (Lipinski definition) is 7. The van der Waals surface area contributed by atoms with Crippen molar-refractivity contribution in [1.82, 2.24) is 10.3 Å². The summed E-state index contributed by atoms with van der Waals surface area (Å²) < 4.78 is 9.91. The molecule has 0 amide bonds. The highest BCUT2D eigenvalue weighted by molar-refractivity contribution is 7.11. The monoisotopic (exact) mass is 298 g/mol. The fraction of sp³-hybridized carbons (Fsp3) is 0.615. The first-order chi connectivity index (χ1) is 9.60. The summed E-state index contributed by atoms with van der Waals surface area (Å²) in [6.45, 7) is 2.22. The maximum atomic E-state index is 11.1. The minimum Gasteiger partial charge on any atom is -0.469 e. The molecular weight excluding hydrogens is 280 g/mol. The smallest absolute Gasteiger partial charge is 0.305 e. The van der Waals surface area contributed by atoms with Gasteiger partial charge in [-0.2, -0.15) is 0 Å². The van der Waals surface area contributed by atoms with E-state index in [1.54, 1.807) is 17.5 Å². The number of carbonyl (C=O) groups is 2. The Kier molecular flexibility index (Phi) is 5.08. The summed E-state index contributed by atoms with van der Waals surface area (Å²) in [5, 5.41) is 4.19. The van der Waals surface area contributed by atoms with Crippen LogP contribution in [0.1, 0.15) is 35.7 Å². The number of aryl methyl sites for hydroxylation is 1. The van der Waals surface area contributed by atoms with E-state index in [2.05, 4.69) is 15.0 Å². The van der Waals surface area contributed by atoms with Crippen molar-refractivity contribution < 1.29 is 19.1 Å². The van der Waals surface area contributed by atoms with E-state index in [1.807, 2.05) is 0 Å². The predicted molar refractivity (Wildman–Crippen MR) is 73.4 cm³/mol. The van der Waals surface area contributed by atoms with Crippen LogP contribution >= 0.6 is 11.3 Å². The lowest BCUT2D eigenvalue weighted by molar-refractivity contribution is -0.146. The molecule has 0 unspecified atom stereocenters. The van der Waals surface area contributed by atoms with Crippen LogP contribution in [0.15, 0.2) is 6.20 Å². The van der Waals surface area contributed by atoms with Gasteiger partial charge in [-0.25, -0.2) is 4.98 Å². The van der Waals surface area contributed by atoms with Gasteiger partial charge in [0.1, 0.15) is 11.1 Å². The lowest BCUT2D eigenvalue weighted by Gasteiger charge is -2.16. The highest BCUT2D eigenvalue weighted by atomic mass is 32.1. The molecule has 1 aromatic heterocycles. The van der Waals surface area contributed by atoms with Crippen LogP contribution in [0.25, 0.3) is 0 Å². The standard InChI is InChI=1S/C13H18N2O4S/c1-8(16)19-10-5-6-14-12(10)13-15-7-9(20-13)3-4-11(17)18-2/h7,10,12,14H,3-6H2,1-2H3/t10-,12-/m0/s1. The molecule has 0 saturated carbocycles. The zero-order chi connectivity index (χ0) is 14.5. The summed E-state index contributed by atoms with van der Waals surface area (Å²) in [7, 11) is 1.38. The van der Waals surface area contributed by atoms with Crippen LogP contribution in [0.5, 0.6) is 0 Å². The molecule has 2 atom stereocenters. The van der Waals surface area contributed by atoms with E-state index < -0.39 is 0 Å². The molecule has 0 radical (unpaired) electrons. The first kappa shape index (κ1) is 14.9. The first-order valence-electron chi connectivity index (χ1n) is 6.52. The van der Waals surface area contributed by atoms with Crippen LogP contribution in [-0.2, 0) is 25.5 Å². The summed E-state index contributed by atoms with van der Waals surface area (Å²) in [4.78, 5) is 27.6. The third kappa shape index (κ3) is 3.77. The number of methoxy groups -OCH3 is 1. The van der Waals surface area contributed by atoms with Gasteiger partial charge in [0.15, 0.2) is 0 Å². The Balaban J connectivity index is 1.97. The van der Waals surface area contributed by atoms with E-state index >= 15 is 0 Å². The normalized spacial score (nSPS) is 21.7. The van der Waals surface area contributed by atoms with Crippen LogP contribution < -0.4 is 5.32 Å². The minimum absolute atomic E-state index is 0.0456. The number of carbonyl (C=O) groups excluding carboxylic acids is 2. The molecule has 6 nitrogen and oxygen atoms in total. The van der Waals surface area contributed by atoms with Gasteiger partial charge in [0.25, 0.3) is 0 Å². The molecule has 1 aromatic rings. The van der Waals surface area contributed by atoms with E-state index in [9.17, 15) is 9.59 Å². The highest BCUT2D eigenvalue weighted by Crippen LogP contribution is 2.30. The second-order valence-electron chi connectivity index (χ2n) is 4.61. The third-order valence-electron chi connectivity index (χ3n) is 3.12. The van der Waals surface area contributed by atoms with E-state index in [1.165, 1.54) is 14.0 Å². The van der Waals surface area contributed by atoms with Crippen molar-refractivity contribution in [3.05, 3.63) is 16.1 Å². The zero-order valence-corrected chi connectivity index (χ0v) is 12.4. The van der Waals surface area contributed by atoms with Crippen LogP contribution in [0.3, 0.4) is 0 Å². The van der Waals surface area contributed by atoms with E-state index in [0.717, 1.165) is 22.9 Å². The van der Waals surface area contributed by atoms with E-state index in [-0.39, 0.29) is 24.1 Å². The predicted octanol–water partition coefficient (Wildman–Crippen LogP) is 1.21. The lowest BCUT2D eigenvalue weighted by atomic mass is 10.2. The van der Waals surface area contributed by atoms with Gasteiger partial charge < -0.3 is 14.8 Å². The number of thiazole rings is 1. The molecule has 1 N–H and O–H groups in total. The minimum atomic E-state index is -0.272. The molecule has 20 heavy (non-hydrogen) atoms. The number of hydrogen-bond donors (Lipinski definition) is 1. The van der Waals surface area contributed by atoms with Crippen molar-refractivity contribution in [2.24, 2.45) is 0 Å². The number of ether oxygens (including phenoxy) is 2. The summed E-state index contributed by atoms with van der Waals surface area (Å²) in [5.41, 5.74) is 0. The van der Waals surface area contributed by atoms with Crippen LogP contribution in [0.2, 0.25) is 0 Å². The first-order valence-corrected chi connectivity index (χ1v) is 7.34. The molecule has 2 heterocycles. The van der Waals surface area contributed by atoms with Crippen LogP contribution in [0.4, 0.5) is 0 Å². The van der Waals surface area contributed by atoms with Gasteiger partial charge in [-0.1, -0.05) is 0 Å². The number of nitrogens with one attached hydrogen (secondary N) is 1. The SMILES string of the molecule is COC(=O)CCc1cnc([C@H]2NCC[C@@H]2OC(C)=O)s1. The van der Waals surface area contributed by atoms with Gasteiger partial charge in [0, 0.05) is 18.0 Å². The Morgan fingerprint density at radius 1 is 1.55 bits per heavy atom. The summed E-state index contributed by atoms with van der Waals surface area (Å²) in [6.07, 6.45) is 3.38. The van der Waals surface area contributed by atoms with Gasteiger partial charge in [-0.15, -0.1) is 11.3 Å². The van der Waals surface area contributed by atoms with Crippen LogP contribution in [-0.4, -0.2) is 36.7 Å². The molecular formula is C13H18N2O4S. The highest BCUT2D eigenvalue weighted by Gasteiger charge is 2.32. The quantitative estimate of drug-likeness (QED) is 0.823. The molecule has 1 aliphatic rings. The molecule has 1 saturated heterocycles. The van der Waals surface area contributed by atoms with Crippen molar-refractivity contribution in [2.45, 2.75) is 38.3 Å². The largest absolute Gasteiger partial charge is 0.469 e. The summed E-state index contributed by atoms with van der Waals surface area (Å²) >= 11 is 1.54. The van der Waals surface area contributed by atoms with Gasteiger partial charge >= 0.3 is 11.9 Å². The Hall–Kier alpha value is -1.47. The van der Waals surface area contributed by atoms with Gasteiger partial charge in [-0.05, 0) is 19.4 Å². The van der Waals surface area contributed by atoms with Crippen molar-refractivity contribution in [3.63, 3.8) is 0 Å². The Morgan fingerprint density at radius 2 is 2.35 bits per heavy atom. The fourth-order valence-electron chi connectivity index (χ4n) is 2.18. The Bertz CT molecular complexity index is 488. The van der Waals surface area contributed by atoms with Crippen molar-refractivity contribution in [2.75, 3.05) is 13.7 Å². The second-order valence-corrected chi connectivity index (χ2v) is 5.76.